The molecule has 0 N–H and O–H groups in total. The lowest BCUT2D eigenvalue weighted by atomic mass is 10.2. The Kier molecular flexibility index (Phi) is 3.83. The first-order chi connectivity index (χ1) is 9.23. The lowest BCUT2D eigenvalue weighted by Gasteiger charge is -2.16. The van der Waals surface area contributed by atoms with Crippen molar-refractivity contribution in [2.75, 3.05) is 6.54 Å². The molecule has 0 radical (unpaired) electrons. The van der Waals surface area contributed by atoms with Gasteiger partial charge in [-0.3, -0.25) is 14.9 Å². The highest BCUT2D eigenvalue weighted by Gasteiger charge is 2.39. The molecule has 1 aliphatic rings. The topological polar surface area (TPSA) is 97.6 Å². The zero-order valence-corrected chi connectivity index (χ0v) is 12.8. The van der Waals surface area contributed by atoms with Crippen molar-refractivity contribution in [1.82, 2.24) is 4.31 Å². The molecule has 0 spiro atoms. The van der Waals surface area contributed by atoms with Gasteiger partial charge in [0.25, 0.3) is 15.7 Å². The maximum atomic E-state index is 12.4. The van der Waals surface area contributed by atoms with E-state index in [9.17, 15) is 23.3 Å². The van der Waals surface area contributed by atoms with E-state index in [1.165, 1.54) is 6.07 Å². The summed E-state index contributed by atoms with van der Waals surface area (Å²) in [4.78, 5) is 21.5. The summed E-state index contributed by atoms with van der Waals surface area (Å²) in [5, 5.41) is 11.0. The van der Waals surface area contributed by atoms with Gasteiger partial charge in [-0.05, 0) is 18.1 Å². The number of sulfonamides is 1. The largest absolute Gasteiger partial charge is 0.289 e. The van der Waals surface area contributed by atoms with Crippen molar-refractivity contribution in [2.45, 2.75) is 18.2 Å². The summed E-state index contributed by atoms with van der Waals surface area (Å²) in [6.07, 6.45) is 0.126. The Morgan fingerprint density at radius 1 is 1.45 bits per heavy atom. The Morgan fingerprint density at radius 2 is 2.10 bits per heavy atom. The first-order valence-corrected chi connectivity index (χ1v) is 7.96. The van der Waals surface area contributed by atoms with Crippen LogP contribution in [-0.4, -0.2) is 30.1 Å². The third kappa shape index (κ3) is 2.55. The van der Waals surface area contributed by atoms with E-state index in [4.69, 9.17) is 0 Å². The van der Waals surface area contributed by atoms with E-state index < -0.39 is 31.4 Å². The predicted molar refractivity (Wildman–Crippen MR) is 73.5 cm³/mol. The maximum absolute atomic E-state index is 12.4. The number of benzene rings is 1. The predicted octanol–water partition coefficient (Wildman–Crippen LogP) is 1.91. The van der Waals surface area contributed by atoms with Gasteiger partial charge >= 0.3 is 0 Å². The van der Waals surface area contributed by atoms with Gasteiger partial charge in [0.15, 0.2) is 4.90 Å². The fourth-order valence-electron chi connectivity index (χ4n) is 2.05. The molecule has 2 rings (SSSR count). The molecule has 108 valence electrons. The first kappa shape index (κ1) is 14.9. The second kappa shape index (κ2) is 5.13. The highest BCUT2D eigenvalue weighted by molar-refractivity contribution is 9.10. The molecule has 1 heterocycles. The number of hydrogen-bond donors (Lipinski definition) is 0. The molecule has 1 saturated heterocycles. The Labute approximate surface area is 123 Å². The van der Waals surface area contributed by atoms with Crippen LogP contribution in [0.5, 0.6) is 0 Å². The highest BCUT2D eigenvalue weighted by atomic mass is 79.9. The summed E-state index contributed by atoms with van der Waals surface area (Å²) >= 11 is 3.08. The van der Waals surface area contributed by atoms with Crippen molar-refractivity contribution >= 4 is 37.5 Å². The number of halogens is 1. The highest BCUT2D eigenvalue weighted by Crippen LogP contribution is 2.32. The molecule has 1 aliphatic heterocycles. The number of amides is 1. The minimum Gasteiger partial charge on any atom is -0.274 e. The molecule has 0 aromatic heterocycles. The van der Waals surface area contributed by atoms with Crippen LogP contribution in [0.2, 0.25) is 0 Å². The molecule has 1 atom stereocenters. The average Bonchev–Trinajstić information content (AvgIpc) is 2.68. The van der Waals surface area contributed by atoms with Gasteiger partial charge in [-0.2, -0.15) is 0 Å². The zero-order chi connectivity index (χ0) is 15.1. The van der Waals surface area contributed by atoms with Crippen molar-refractivity contribution in [3.63, 3.8) is 0 Å². The van der Waals surface area contributed by atoms with Gasteiger partial charge in [0.1, 0.15) is 0 Å². The lowest BCUT2D eigenvalue weighted by molar-refractivity contribution is -0.387. The van der Waals surface area contributed by atoms with Gasteiger partial charge in [0.2, 0.25) is 5.91 Å². The zero-order valence-electron chi connectivity index (χ0n) is 10.4. The number of rotatable bonds is 3. The second-order valence-corrected chi connectivity index (χ2v) is 7.35. The molecule has 7 nitrogen and oxygen atoms in total. The fourth-order valence-corrected chi connectivity index (χ4v) is 4.27. The molecule has 1 amide bonds. The standard InChI is InChI=1S/C11H11BrN2O5S/c1-7-4-11(15)13(6-7)20(18,19)10-5-8(12)2-3-9(10)14(16)17/h2-3,5,7H,4,6H2,1H3. The molecule has 0 bridgehead atoms. The van der Waals surface area contributed by atoms with E-state index in [1.54, 1.807) is 6.92 Å². The van der Waals surface area contributed by atoms with Crippen LogP contribution in [0, 0.1) is 16.0 Å². The van der Waals surface area contributed by atoms with E-state index in [0.717, 1.165) is 12.1 Å². The van der Waals surface area contributed by atoms with Crippen molar-refractivity contribution in [2.24, 2.45) is 5.92 Å². The SMILES string of the molecule is CC1CC(=O)N(S(=O)(=O)c2cc(Br)ccc2[N+](=O)[O-])C1. The van der Waals surface area contributed by atoms with E-state index in [0.29, 0.717) is 8.78 Å². The Hall–Kier alpha value is -1.48. The molecule has 0 aliphatic carbocycles. The summed E-state index contributed by atoms with van der Waals surface area (Å²) in [5.41, 5.74) is -0.541. The smallest absolute Gasteiger partial charge is 0.274 e. The van der Waals surface area contributed by atoms with Gasteiger partial charge in [-0.1, -0.05) is 22.9 Å². The summed E-state index contributed by atoms with van der Waals surface area (Å²) in [7, 11) is -4.21. The molecular weight excluding hydrogens is 352 g/mol. The van der Waals surface area contributed by atoms with Gasteiger partial charge in [-0.15, -0.1) is 0 Å². The van der Waals surface area contributed by atoms with Crippen molar-refractivity contribution in [1.29, 1.82) is 0 Å². The maximum Gasteiger partial charge on any atom is 0.289 e. The van der Waals surface area contributed by atoms with E-state index in [2.05, 4.69) is 15.9 Å². The molecule has 20 heavy (non-hydrogen) atoms. The summed E-state index contributed by atoms with van der Waals surface area (Å²) in [6.45, 7) is 1.80. The van der Waals surface area contributed by atoms with Crippen molar-refractivity contribution in [3.05, 3.63) is 32.8 Å². The number of nitro groups is 1. The average molecular weight is 363 g/mol. The van der Waals surface area contributed by atoms with E-state index in [-0.39, 0.29) is 18.9 Å². The van der Waals surface area contributed by atoms with Gasteiger partial charge in [0, 0.05) is 23.5 Å². The van der Waals surface area contributed by atoms with Crippen LogP contribution in [-0.2, 0) is 14.8 Å². The number of nitrogens with zero attached hydrogens (tertiary/aromatic N) is 2. The minimum atomic E-state index is -4.21. The Balaban J connectivity index is 2.57. The molecular formula is C11H11BrN2O5S. The first-order valence-electron chi connectivity index (χ1n) is 5.73. The molecule has 0 saturated carbocycles. The van der Waals surface area contributed by atoms with Gasteiger partial charge in [0.05, 0.1) is 4.92 Å². The number of nitro benzene ring substituents is 1. The van der Waals surface area contributed by atoms with E-state index in [1.807, 2.05) is 0 Å². The van der Waals surface area contributed by atoms with Gasteiger partial charge < -0.3 is 0 Å². The molecule has 1 fully saturated rings. The van der Waals surface area contributed by atoms with Crippen LogP contribution in [0.1, 0.15) is 13.3 Å². The minimum absolute atomic E-state index is 0.0465. The Bertz CT molecular complexity index is 688. The van der Waals surface area contributed by atoms with Crippen LogP contribution < -0.4 is 0 Å². The van der Waals surface area contributed by atoms with Crippen LogP contribution in [0.15, 0.2) is 27.6 Å². The monoisotopic (exact) mass is 362 g/mol. The normalized spacial score (nSPS) is 19.4. The van der Waals surface area contributed by atoms with Crippen molar-refractivity contribution < 1.29 is 18.1 Å². The molecule has 9 heteroatoms. The quantitative estimate of drug-likeness (QED) is 0.604. The number of carbonyl (C=O) groups is 1. The number of hydrogen-bond acceptors (Lipinski definition) is 5. The van der Waals surface area contributed by atoms with Crippen LogP contribution in [0.3, 0.4) is 0 Å². The van der Waals surface area contributed by atoms with Crippen LogP contribution >= 0.6 is 15.9 Å². The summed E-state index contributed by atoms with van der Waals surface area (Å²) < 4.78 is 26.0. The van der Waals surface area contributed by atoms with E-state index >= 15 is 0 Å². The van der Waals surface area contributed by atoms with Crippen LogP contribution in [0.4, 0.5) is 5.69 Å². The Morgan fingerprint density at radius 3 is 2.60 bits per heavy atom. The van der Waals surface area contributed by atoms with Crippen LogP contribution in [0.25, 0.3) is 0 Å². The molecule has 1 aromatic rings. The number of carbonyl (C=O) groups excluding carboxylic acids is 1. The summed E-state index contributed by atoms with van der Waals surface area (Å²) in [5.74, 6) is -0.629. The second-order valence-electron chi connectivity index (χ2n) is 4.61. The molecule has 1 unspecified atom stereocenters. The summed E-state index contributed by atoms with van der Waals surface area (Å²) in [6, 6.07) is 3.62. The van der Waals surface area contributed by atoms with Gasteiger partial charge in [-0.25, -0.2) is 12.7 Å². The third-order valence-electron chi connectivity index (χ3n) is 2.97. The van der Waals surface area contributed by atoms with Crippen molar-refractivity contribution in [3.8, 4) is 0 Å². The molecule has 1 aromatic carbocycles. The lowest BCUT2D eigenvalue weighted by Crippen LogP contribution is -2.32. The fraction of sp³-hybridized carbons (Fsp3) is 0.364. The third-order valence-corrected chi connectivity index (χ3v) is 5.27.